The van der Waals surface area contributed by atoms with Gasteiger partial charge >= 0.3 is 0 Å². The van der Waals surface area contributed by atoms with Crippen molar-refractivity contribution in [1.29, 1.82) is 0 Å². The lowest BCUT2D eigenvalue weighted by molar-refractivity contribution is 0.0880. The zero-order valence-corrected chi connectivity index (χ0v) is 8.12. The molecule has 14 heavy (non-hydrogen) atoms. The van der Waals surface area contributed by atoms with Gasteiger partial charge in [0.2, 0.25) is 0 Å². The highest BCUT2D eigenvalue weighted by atomic mass is 16.3. The van der Waals surface area contributed by atoms with Crippen molar-refractivity contribution >= 4 is 5.91 Å². The predicted octanol–water partition coefficient (Wildman–Crippen LogP) is 0.808. The van der Waals surface area contributed by atoms with Crippen LogP contribution < -0.4 is 11.1 Å². The minimum atomic E-state index is -0.144. The molecule has 76 valence electrons. The Morgan fingerprint density at radius 2 is 2.29 bits per heavy atom. The van der Waals surface area contributed by atoms with Crippen LogP contribution in [0.4, 0.5) is 0 Å². The molecule has 4 heteroatoms. The van der Waals surface area contributed by atoms with Gasteiger partial charge in [-0.05, 0) is 31.9 Å². The van der Waals surface area contributed by atoms with Crippen molar-refractivity contribution < 1.29 is 9.21 Å². The fourth-order valence-electron chi connectivity index (χ4n) is 1.59. The molecule has 2 rings (SSSR count). The number of carbonyl (C=O) groups is 1. The standard InChI is InChI=1S/C10H14N2O2/c1-6-2-3-9(14-6)10(13)12-8-4-7(11)5-8/h2-3,7-8H,4-5,11H2,1H3,(H,12,13). The van der Waals surface area contributed by atoms with Crippen molar-refractivity contribution in [2.24, 2.45) is 5.73 Å². The van der Waals surface area contributed by atoms with Gasteiger partial charge in [-0.15, -0.1) is 0 Å². The molecule has 1 aliphatic rings. The molecule has 1 aromatic heterocycles. The second-order valence-electron chi connectivity index (χ2n) is 3.81. The van der Waals surface area contributed by atoms with Gasteiger partial charge in [0.05, 0.1) is 0 Å². The molecule has 0 radical (unpaired) electrons. The number of carbonyl (C=O) groups excluding carboxylic acids is 1. The Hall–Kier alpha value is -1.29. The van der Waals surface area contributed by atoms with Gasteiger partial charge in [-0.3, -0.25) is 4.79 Å². The Morgan fingerprint density at radius 1 is 1.57 bits per heavy atom. The fraction of sp³-hybridized carbons (Fsp3) is 0.500. The maximum absolute atomic E-state index is 11.5. The summed E-state index contributed by atoms with van der Waals surface area (Å²) in [4.78, 5) is 11.5. The molecule has 1 amide bonds. The topological polar surface area (TPSA) is 68.3 Å². The predicted molar refractivity (Wildman–Crippen MR) is 51.9 cm³/mol. The van der Waals surface area contributed by atoms with Gasteiger partial charge in [0.25, 0.3) is 5.91 Å². The monoisotopic (exact) mass is 194 g/mol. The highest BCUT2D eigenvalue weighted by molar-refractivity contribution is 5.91. The van der Waals surface area contributed by atoms with Crippen molar-refractivity contribution in [3.63, 3.8) is 0 Å². The van der Waals surface area contributed by atoms with E-state index in [0.717, 1.165) is 18.6 Å². The molecule has 1 aromatic rings. The summed E-state index contributed by atoms with van der Waals surface area (Å²) < 4.78 is 5.20. The number of nitrogens with one attached hydrogen (secondary N) is 1. The van der Waals surface area contributed by atoms with Crippen molar-refractivity contribution in [2.75, 3.05) is 0 Å². The van der Waals surface area contributed by atoms with Crippen LogP contribution >= 0.6 is 0 Å². The quantitative estimate of drug-likeness (QED) is 0.732. The largest absolute Gasteiger partial charge is 0.456 e. The number of nitrogens with two attached hydrogens (primary N) is 1. The molecule has 1 saturated carbocycles. The highest BCUT2D eigenvalue weighted by Gasteiger charge is 2.27. The van der Waals surface area contributed by atoms with Gasteiger partial charge < -0.3 is 15.5 Å². The number of rotatable bonds is 2. The van der Waals surface area contributed by atoms with Crippen LogP contribution in [0.25, 0.3) is 0 Å². The molecule has 0 aliphatic heterocycles. The molecule has 3 N–H and O–H groups in total. The van der Waals surface area contributed by atoms with E-state index < -0.39 is 0 Å². The average molecular weight is 194 g/mol. The highest BCUT2D eigenvalue weighted by Crippen LogP contribution is 2.18. The van der Waals surface area contributed by atoms with Crippen LogP contribution in [0.3, 0.4) is 0 Å². The van der Waals surface area contributed by atoms with Crippen LogP contribution in [0.15, 0.2) is 16.5 Å². The first-order chi connectivity index (χ1) is 6.65. The summed E-state index contributed by atoms with van der Waals surface area (Å²) in [6.07, 6.45) is 1.73. The van der Waals surface area contributed by atoms with Gasteiger partial charge in [0, 0.05) is 12.1 Å². The third kappa shape index (κ3) is 1.80. The SMILES string of the molecule is Cc1ccc(C(=O)NC2CC(N)C2)o1. The lowest BCUT2D eigenvalue weighted by Gasteiger charge is -2.32. The van der Waals surface area contributed by atoms with Crippen molar-refractivity contribution in [1.82, 2.24) is 5.32 Å². The molecule has 4 nitrogen and oxygen atoms in total. The summed E-state index contributed by atoms with van der Waals surface area (Å²) in [5.41, 5.74) is 5.61. The lowest BCUT2D eigenvalue weighted by Crippen LogP contribution is -2.50. The van der Waals surface area contributed by atoms with Gasteiger partial charge in [0.1, 0.15) is 5.76 Å². The van der Waals surface area contributed by atoms with Crippen LogP contribution in [0.5, 0.6) is 0 Å². The average Bonchev–Trinajstić information content (AvgIpc) is 2.49. The first-order valence-electron chi connectivity index (χ1n) is 4.78. The van der Waals surface area contributed by atoms with Crippen molar-refractivity contribution in [3.05, 3.63) is 23.7 Å². The molecule has 0 atom stereocenters. The van der Waals surface area contributed by atoms with E-state index in [0.29, 0.717) is 5.76 Å². The Balaban J connectivity index is 1.90. The minimum absolute atomic E-state index is 0.144. The summed E-state index contributed by atoms with van der Waals surface area (Å²) in [5, 5.41) is 2.86. The van der Waals surface area contributed by atoms with E-state index in [-0.39, 0.29) is 18.0 Å². The second kappa shape index (κ2) is 3.46. The number of hydrogen-bond acceptors (Lipinski definition) is 3. The summed E-state index contributed by atoms with van der Waals surface area (Å²) in [6, 6.07) is 3.94. The molecule has 0 aromatic carbocycles. The summed E-state index contributed by atoms with van der Waals surface area (Å²) in [5.74, 6) is 0.985. The van der Waals surface area contributed by atoms with Crippen LogP contribution in [0, 0.1) is 6.92 Å². The lowest BCUT2D eigenvalue weighted by atomic mass is 9.87. The maximum atomic E-state index is 11.5. The molecule has 0 saturated heterocycles. The number of aryl methyl sites for hydroxylation is 1. The molecule has 1 heterocycles. The van der Waals surface area contributed by atoms with Crippen LogP contribution in [0.1, 0.15) is 29.2 Å². The Morgan fingerprint density at radius 3 is 2.79 bits per heavy atom. The first kappa shape index (κ1) is 9.27. The van der Waals surface area contributed by atoms with E-state index in [1.165, 1.54) is 0 Å². The first-order valence-corrected chi connectivity index (χ1v) is 4.78. The molecule has 0 spiro atoms. The van der Waals surface area contributed by atoms with Gasteiger partial charge in [0.15, 0.2) is 5.76 Å². The zero-order valence-electron chi connectivity index (χ0n) is 8.12. The van der Waals surface area contributed by atoms with Gasteiger partial charge in [-0.25, -0.2) is 0 Å². The van der Waals surface area contributed by atoms with Crippen molar-refractivity contribution in [2.45, 2.75) is 31.8 Å². The van der Waals surface area contributed by atoms with Gasteiger partial charge in [-0.1, -0.05) is 0 Å². The van der Waals surface area contributed by atoms with E-state index in [4.69, 9.17) is 10.2 Å². The van der Waals surface area contributed by atoms with E-state index in [2.05, 4.69) is 5.32 Å². The minimum Gasteiger partial charge on any atom is -0.456 e. The molecular weight excluding hydrogens is 180 g/mol. The molecule has 1 aliphatic carbocycles. The Kier molecular flexibility index (Phi) is 2.29. The molecule has 0 unspecified atom stereocenters. The zero-order chi connectivity index (χ0) is 10.1. The molecular formula is C10H14N2O2. The molecule has 1 fully saturated rings. The Bertz CT molecular complexity index is 340. The van der Waals surface area contributed by atoms with Crippen molar-refractivity contribution in [3.8, 4) is 0 Å². The van der Waals surface area contributed by atoms with E-state index >= 15 is 0 Å². The van der Waals surface area contributed by atoms with Gasteiger partial charge in [-0.2, -0.15) is 0 Å². The number of amides is 1. The second-order valence-corrected chi connectivity index (χ2v) is 3.81. The van der Waals surface area contributed by atoms with Crippen LogP contribution in [-0.4, -0.2) is 18.0 Å². The van der Waals surface area contributed by atoms with E-state index in [9.17, 15) is 4.79 Å². The third-order valence-corrected chi connectivity index (χ3v) is 2.47. The Labute approximate surface area is 82.5 Å². The smallest absolute Gasteiger partial charge is 0.287 e. The van der Waals surface area contributed by atoms with E-state index in [1.807, 2.05) is 6.92 Å². The fourth-order valence-corrected chi connectivity index (χ4v) is 1.59. The van der Waals surface area contributed by atoms with Crippen LogP contribution in [-0.2, 0) is 0 Å². The third-order valence-electron chi connectivity index (χ3n) is 2.47. The van der Waals surface area contributed by atoms with Crippen LogP contribution in [0.2, 0.25) is 0 Å². The maximum Gasteiger partial charge on any atom is 0.287 e. The number of hydrogen-bond donors (Lipinski definition) is 2. The van der Waals surface area contributed by atoms with E-state index in [1.54, 1.807) is 12.1 Å². The molecule has 0 bridgehead atoms. The summed E-state index contributed by atoms with van der Waals surface area (Å²) >= 11 is 0. The summed E-state index contributed by atoms with van der Waals surface area (Å²) in [7, 11) is 0. The normalized spacial score (nSPS) is 25.6. The summed E-state index contributed by atoms with van der Waals surface area (Å²) in [6.45, 7) is 1.82. The number of furan rings is 1.